The van der Waals surface area contributed by atoms with E-state index in [0.717, 1.165) is 12.8 Å². The van der Waals surface area contributed by atoms with E-state index in [1.54, 1.807) is 28.9 Å². The van der Waals surface area contributed by atoms with E-state index in [2.05, 4.69) is 25.3 Å². The van der Waals surface area contributed by atoms with Crippen LogP contribution >= 0.6 is 0 Å². The number of aryl methyl sites for hydroxylation is 1. The van der Waals surface area contributed by atoms with Gasteiger partial charge in [0.2, 0.25) is 5.91 Å². The van der Waals surface area contributed by atoms with E-state index < -0.39 is 23.8 Å². The maximum Gasteiger partial charge on any atom is 0.389 e. The number of halogens is 4. The third-order valence-corrected chi connectivity index (χ3v) is 6.96. The SMILES string of the molecule is Nc1nc(-c2cn3ccnc3c(CCCC(F)(F)F)n2)nc2c1C(c1ccc(F)cc1)(C1CC1)C(=O)N2. The predicted octanol–water partition coefficient (Wildman–Crippen LogP) is 4.44. The molecule has 1 unspecified atom stereocenters. The van der Waals surface area contributed by atoms with Crippen LogP contribution in [0, 0.1) is 11.7 Å². The molecular weight excluding hydrogens is 490 g/mol. The van der Waals surface area contributed by atoms with Gasteiger partial charge in [-0.25, -0.2) is 24.3 Å². The van der Waals surface area contributed by atoms with Gasteiger partial charge in [0.15, 0.2) is 11.5 Å². The summed E-state index contributed by atoms with van der Waals surface area (Å²) in [6, 6.07) is 5.77. The maximum absolute atomic E-state index is 13.7. The smallest absolute Gasteiger partial charge is 0.383 e. The van der Waals surface area contributed by atoms with Gasteiger partial charge in [0, 0.05) is 25.0 Å². The number of hydrogen-bond donors (Lipinski definition) is 2. The molecular formula is C25H21F4N7O. The van der Waals surface area contributed by atoms with E-state index in [1.807, 2.05) is 0 Å². The molecule has 12 heteroatoms. The Bertz CT molecular complexity index is 1530. The van der Waals surface area contributed by atoms with E-state index in [4.69, 9.17) is 5.73 Å². The number of nitrogens with one attached hydrogen (secondary N) is 1. The van der Waals surface area contributed by atoms with Gasteiger partial charge in [-0.05, 0) is 49.3 Å². The Balaban J connectivity index is 1.43. The van der Waals surface area contributed by atoms with Crippen molar-refractivity contribution in [1.82, 2.24) is 24.3 Å². The van der Waals surface area contributed by atoms with Gasteiger partial charge in [-0.2, -0.15) is 13.2 Å². The number of hydrogen-bond acceptors (Lipinski definition) is 6. The van der Waals surface area contributed by atoms with Crippen LogP contribution in [0.5, 0.6) is 0 Å². The number of benzene rings is 1. The zero-order valence-corrected chi connectivity index (χ0v) is 19.4. The molecule has 4 heterocycles. The number of alkyl halides is 3. The highest BCUT2D eigenvalue weighted by Gasteiger charge is 2.59. The standard InChI is InChI=1S/C25H21F4N7O/c26-15-7-5-14(6-8-15)25(13-3-4-13)18-19(30)33-20(34-21(18)35-23(25)37)17-12-36-11-10-31-22(36)16(32-17)2-1-9-24(27,28)29/h5-8,10-13H,1-4,9H2,(H3,30,33,34,35,37). The van der Waals surface area contributed by atoms with E-state index in [0.29, 0.717) is 22.5 Å². The molecule has 0 saturated heterocycles. The molecule has 1 aromatic carbocycles. The summed E-state index contributed by atoms with van der Waals surface area (Å²) in [4.78, 5) is 31.2. The number of amides is 1. The number of imidazole rings is 1. The summed E-state index contributed by atoms with van der Waals surface area (Å²) in [5.41, 5.74) is 7.48. The highest BCUT2D eigenvalue weighted by molar-refractivity contribution is 6.10. The summed E-state index contributed by atoms with van der Waals surface area (Å²) in [5.74, 6) is -0.303. The summed E-state index contributed by atoms with van der Waals surface area (Å²) in [6.07, 6.45) is 1.09. The van der Waals surface area contributed by atoms with Crippen LogP contribution in [0.15, 0.2) is 42.9 Å². The van der Waals surface area contributed by atoms with E-state index in [9.17, 15) is 22.4 Å². The lowest BCUT2D eigenvalue weighted by atomic mass is 9.71. The number of nitrogen functional groups attached to an aromatic ring is 1. The van der Waals surface area contributed by atoms with Crippen LogP contribution in [-0.4, -0.2) is 36.4 Å². The van der Waals surface area contributed by atoms with Crippen molar-refractivity contribution < 1.29 is 22.4 Å². The van der Waals surface area contributed by atoms with Crippen LogP contribution in [0.2, 0.25) is 0 Å². The minimum absolute atomic E-state index is 0.0309. The van der Waals surface area contributed by atoms with Crippen molar-refractivity contribution in [3.63, 3.8) is 0 Å². The van der Waals surface area contributed by atoms with Gasteiger partial charge in [-0.3, -0.25) is 4.79 Å². The lowest BCUT2D eigenvalue weighted by molar-refractivity contribution is -0.135. The molecule has 0 radical (unpaired) electrons. The molecule has 1 aliphatic carbocycles. The average molecular weight is 511 g/mol. The Labute approximate surface area is 208 Å². The van der Waals surface area contributed by atoms with Gasteiger partial charge < -0.3 is 15.5 Å². The summed E-state index contributed by atoms with van der Waals surface area (Å²) >= 11 is 0. The molecule has 1 aliphatic heterocycles. The number of carbonyl (C=O) groups excluding carboxylic acids is 1. The number of fused-ring (bicyclic) bond motifs is 2. The van der Waals surface area contributed by atoms with Crippen molar-refractivity contribution in [1.29, 1.82) is 0 Å². The summed E-state index contributed by atoms with van der Waals surface area (Å²) in [5, 5.41) is 2.84. The summed E-state index contributed by atoms with van der Waals surface area (Å²) in [7, 11) is 0. The zero-order chi connectivity index (χ0) is 25.9. The maximum atomic E-state index is 13.7. The number of aromatic nitrogens is 5. The Morgan fingerprint density at radius 1 is 1.14 bits per heavy atom. The molecule has 6 rings (SSSR count). The van der Waals surface area contributed by atoms with E-state index in [1.165, 1.54) is 18.3 Å². The zero-order valence-electron chi connectivity index (χ0n) is 19.4. The molecule has 2 aliphatic rings. The lowest BCUT2D eigenvalue weighted by Crippen LogP contribution is -2.38. The van der Waals surface area contributed by atoms with Crippen molar-refractivity contribution in [2.75, 3.05) is 11.1 Å². The fourth-order valence-corrected chi connectivity index (χ4v) is 5.25. The lowest BCUT2D eigenvalue weighted by Gasteiger charge is -2.28. The van der Waals surface area contributed by atoms with Crippen molar-refractivity contribution in [3.8, 4) is 11.5 Å². The van der Waals surface area contributed by atoms with Crippen LogP contribution in [0.4, 0.5) is 29.2 Å². The molecule has 4 aromatic rings. The Morgan fingerprint density at radius 2 is 1.89 bits per heavy atom. The number of carbonyl (C=O) groups is 1. The van der Waals surface area contributed by atoms with E-state index >= 15 is 0 Å². The Morgan fingerprint density at radius 3 is 2.59 bits per heavy atom. The highest BCUT2D eigenvalue weighted by atomic mass is 19.4. The van der Waals surface area contributed by atoms with Gasteiger partial charge in [0.1, 0.15) is 28.6 Å². The topological polar surface area (TPSA) is 111 Å². The summed E-state index contributed by atoms with van der Waals surface area (Å²) < 4.78 is 53.4. The van der Waals surface area contributed by atoms with Crippen LogP contribution in [0.1, 0.15) is 42.5 Å². The number of anilines is 2. The highest BCUT2D eigenvalue weighted by Crippen LogP contribution is 2.57. The van der Waals surface area contributed by atoms with Crippen LogP contribution in [0.25, 0.3) is 17.2 Å². The average Bonchev–Trinajstić information content (AvgIpc) is 3.49. The van der Waals surface area contributed by atoms with Crippen molar-refractivity contribution in [2.45, 2.75) is 43.7 Å². The molecule has 1 saturated carbocycles. The second kappa shape index (κ2) is 8.22. The first-order valence-corrected chi connectivity index (χ1v) is 11.8. The van der Waals surface area contributed by atoms with Gasteiger partial charge in [-0.15, -0.1) is 0 Å². The number of rotatable bonds is 6. The molecule has 3 N–H and O–H groups in total. The minimum atomic E-state index is -4.27. The third kappa shape index (κ3) is 3.87. The molecule has 0 bridgehead atoms. The fourth-order valence-electron chi connectivity index (χ4n) is 5.25. The molecule has 37 heavy (non-hydrogen) atoms. The van der Waals surface area contributed by atoms with Crippen LogP contribution in [0.3, 0.4) is 0 Å². The Hall–Kier alpha value is -4.09. The molecule has 1 fully saturated rings. The molecule has 3 aromatic heterocycles. The minimum Gasteiger partial charge on any atom is -0.383 e. The summed E-state index contributed by atoms with van der Waals surface area (Å²) in [6.45, 7) is 0. The molecule has 1 atom stereocenters. The first-order valence-electron chi connectivity index (χ1n) is 11.8. The normalized spacial score (nSPS) is 19.3. The van der Waals surface area contributed by atoms with Gasteiger partial charge >= 0.3 is 6.18 Å². The second-order valence-electron chi connectivity index (χ2n) is 9.40. The Kier molecular flexibility index (Phi) is 5.18. The fraction of sp³-hybridized carbons (Fsp3) is 0.320. The third-order valence-electron chi connectivity index (χ3n) is 6.96. The van der Waals surface area contributed by atoms with Gasteiger partial charge in [0.25, 0.3) is 0 Å². The van der Waals surface area contributed by atoms with Crippen LogP contribution < -0.4 is 11.1 Å². The van der Waals surface area contributed by atoms with Crippen molar-refractivity contribution >= 4 is 23.2 Å². The monoisotopic (exact) mass is 511 g/mol. The first kappa shape index (κ1) is 23.3. The van der Waals surface area contributed by atoms with E-state index in [-0.39, 0.29) is 47.8 Å². The number of nitrogens with zero attached hydrogens (tertiary/aromatic N) is 5. The molecule has 1 amide bonds. The van der Waals surface area contributed by atoms with Crippen molar-refractivity contribution in [3.05, 3.63) is 65.5 Å². The molecule has 8 nitrogen and oxygen atoms in total. The largest absolute Gasteiger partial charge is 0.389 e. The first-order chi connectivity index (χ1) is 17.7. The van der Waals surface area contributed by atoms with Gasteiger partial charge in [0.05, 0.1) is 11.3 Å². The molecule has 0 spiro atoms. The second-order valence-corrected chi connectivity index (χ2v) is 9.40. The molecule has 190 valence electrons. The quantitative estimate of drug-likeness (QED) is 0.370. The van der Waals surface area contributed by atoms with Crippen LogP contribution in [-0.2, 0) is 16.6 Å². The van der Waals surface area contributed by atoms with Gasteiger partial charge in [-0.1, -0.05) is 12.1 Å². The predicted molar refractivity (Wildman–Crippen MR) is 126 cm³/mol. The number of nitrogens with two attached hydrogens (primary N) is 1. The van der Waals surface area contributed by atoms with Crippen molar-refractivity contribution in [2.24, 2.45) is 5.92 Å².